The summed E-state index contributed by atoms with van der Waals surface area (Å²) in [5, 5.41) is 40.4. The monoisotopic (exact) mass is 477 g/mol. The number of ether oxygens (including phenoxy) is 2. The van der Waals surface area contributed by atoms with Gasteiger partial charge in [0.2, 0.25) is 11.8 Å². The Morgan fingerprint density at radius 2 is 1.85 bits per heavy atom. The molecule has 3 amide bonds. The number of aliphatic carboxylic acids is 1. The first-order valence-corrected chi connectivity index (χ1v) is 10.2. The summed E-state index contributed by atoms with van der Waals surface area (Å²) in [4.78, 5) is 59.9. The van der Waals surface area contributed by atoms with Gasteiger partial charge in [-0.1, -0.05) is 0 Å². The van der Waals surface area contributed by atoms with Gasteiger partial charge in [0.25, 0.3) is 5.91 Å². The number of carboxylic acid groups (broad SMARTS) is 1. The molecule has 1 rings (SSSR count). The van der Waals surface area contributed by atoms with Crippen LogP contribution in [0.5, 0.6) is 0 Å². The van der Waals surface area contributed by atoms with Crippen LogP contribution in [0.4, 0.5) is 0 Å². The molecule has 0 spiro atoms. The number of rotatable bonds is 11. The number of nitrogens with one attached hydrogen (secondary N) is 1. The summed E-state index contributed by atoms with van der Waals surface area (Å²) in [6.07, 6.45) is -7.29. The second-order valence-electron chi connectivity index (χ2n) is 7.65. The number of hydrogen-bond donors (Lipinski definition) is 6. The Balaban J connectivity index is 2.85. The molecule has 0 aliphatic carbocycles. The van der Waals surface area contributed by atoms with Gasteiger partial charge in [0.1, 0.15) is 36.7 Å². The lowest BCUT2D eigenvalue weighted by Gasteiger charge is -2.41. The van der Waals surface area contributed by atoms with Gasteiger partial charge in [-0.2, -0.15) is 0 Å². The van der Waals surface area contributed by atoms with E-state index in [2.05, 4.69) is 5.32 Å². The van der Waals surface area contributed by atoms with Crippen molar-refractivity contribution in [1.29, 1.82) is 0 Å². The summed E-state index contributed by atoms with van der Waals surface area (Å²) in [5.41, 5.74) is 5.75. The summed E-state index contributed by atoms with van der Waals surface area (Å²) in [6.45, 7) is 2.91. The molecular formula is C19H31N3O11. The molecule has 8 atom stereocenters. The highest BCUT2D eigenvalue weighted by molar-refractivity contribution is 6.00. The van der Waals surface area contributed by atoms with Crippen molar-refractivity contribution in [2.75, 3.05) is 6.61 Å². The maximum absolute atomic E-state index is 12.7. The molecule has 0 bridgehead atoms. The molecule has 0 radical (unpaired) electrons. The Hall–Kier alpha value is -2.49. The second-order valence-corrected chi connectivity index (χ2v) is 7.65. The molecule has 0 saturated carbocycles. The molecule has 7 N–H and O–H groups in total. The third kappa shape index (κ3) is 7.52. The summed E-state index contributed by atoms with van der Waals surface area (Å²) < 4.78 is 10.4. The van der Waals surface area contributed by atoms with E-state index >= 15 is 0 Å². The predicted octanol–water partition coefficient (Wildman–Crippen LogP) is -3.53. The summed E-state index contributed by atoms with van der Waals surface area (Å²) in [7, 11) is 0. The summed E-state index contributed by atoms with van der Waals surface area (Å²) >= 11 is 0. The van der Waals surface area contributed by atoms with Gasteiger partial charge in [0, 0.05) is 13.3 Å². The maximum Gasteiger partial charge on any atom is 0.303 e. The number of carbonyl (C=O) groups is 5. The van der Waals surface area contributed by atoms with Crippen LogP contribution in [0.3, 0.4) is 0 Å². The quantitative estimate of drug-likeness (QED) is 0.159. The third-order valence-corrected chi connectivity index (χ3v) is 5.10. The van der Waals surface area contributed by atoms with Gasteiger partial charge in [-0.3, -0.25) is 24.1 Å². The Morgan fingerprint density at radius 1 is 1.24 bits per heavy atom. The number of carbonyl (C=O) groups excluding carboxylic acids is 4. The van der Waals surface area contributed by atoms with Gasteiger partial charge in [-0.25, -0.2) is 0 Å². The molecular weight excluding hydrogens is 446 g/mol. The first-order valence-electron chi connectivity index (χ1n) is 10.2. The van der Waals surface area contributed by atoms with E-state index in [-0.39, 0.29) is 12.7 Å². The maximum atomic E-state index is 12.7. The van der Waals surface area contributed by atoms with E-state index in [1.807, 2.05) is 0 Å². The van der Waals surface area contributed by atoms with Crippen LogP contribution >= 0.6 is 0 Å². The highest BCUT2D eigenvalue weighted by Gasteiger charge is 2.45. The minimum absolute atomic E-state index is 0.277. The van der Waals surface area contributed by atoms with Gasteiger partial charge >= 0.3 is 5.97 Å². The van der Waals surface area contributed by atoms with E-state index in [1.165, 1.54) is 13.8 Å². The number of aliphatic hydroxyl groups excluding tert-OH is 3. The van der Waals surface area contributed by atoms with Crippen LogP contribution < -0.4 is 11.1 Å². The number of nitrogens with two attached hydrogens (primary N) is 1. The van der Waals surface area contributed by atoms with Gasteiger partial charge in [-0.15, -0.1) is 0 Å². The molecule has 0 aromatic heterocycles. The van der Waals surface area contributed by atoms with Crippen molar-refractivity contribution in [3.8, 4) is 0 Å². The molecule has 0 aromatic rings. The first-order chi connectivity index (χ1) is 15.3. The number of imide groups is 1. The van der Waals surface area contributed by atoms with E-state index < -0.39 is 85.5 Å². The van der Waals surface area contributed by atoms with Crippen LogP contribution in [0.1, 0.15) is 33.6 Å². The van der Waals surface area contributed by atoms with Crippen molar-refractivity contribution in [2.24, 2.45) is 5.73 Å². The van der Waals surface area contributed by atoms with E-state index in [0.717, 1.165) is 6.92 Å². The second kappa shape index (κ2) is 12.7. The van der Waals surface area contributed by atoms with Crippen LogP contribution in [0.25, 0.3) is 0 Å². The molecule has 1 aliphatic heterocycles. The lowest BCUT2D eigenvalue weighted by atomic mass is 9.97. The largest absolute Gasteiger partial charge is 0.481 e. The zero-order valence-electron chi connectivity index (χ0n) is 18.5. The van der Waals surface area contributed by atoms with Crippen LogP contribution in [-0.4, -0.2) is 111 Å². The Kier molecular flexibility index (Phi) is 11.0. The van der Waals surface area contributed by atoms with E-state index in [0.29, 0.717) is 4.90 Å². The van der Waals surface area contributed by atoms with Crippen molar-refractivity contribution >= 4 is 30.0 Å². The zero-order chi connectivity index (χ0) is 25.5. The number of hydrogen-bond acceptors (Lipinski definition) is 11. The normalized spacial score (nSPS) is 27.7. The Labute approximate surface area is 189 Å². The van der Waals surface area contributed by atoms with Crippen LogP contribution in [0.2, 0.25) is 0 Å². The lowest BCUT2D eigenvalue weighted by Crippen LogP contribution is -2.64. The van der Waals surface area contributed by atoms with Gasteiger partial charge in [0.15, 0.2) is 6.29 Å². The molecule has 0 aromatic carbocycles. The van der Waals surface area contributed by atoms with Gasteiger partial charge < -0.3 is 45.7 Å². The smallest absolute Gasteiger partial charge is 0.303 e. The molecule has 1 unspecified atom stereocenters. The first kappa shape index (κ1) is 28.5. The fraction of sp³-hybridized carbons (Fsp3) is 0.737. The van der Waals surface area contributed by atoms with E-state index in [9.17, 15) is 39.3 Å². The lowest BCUT2D eigenvalue weighted by molar-refractivity contribution is -0.261. The Morgan fingerprint density at radius 3 is 2.33 bits per heavy atom. The van der Waals surface area contributed by atoms with Crippen LogP contribution in [0, 0.1) is 0 Å². The molecule has 188 valence electrons. The average Bonchev–Trinajstić information content (AvgIpc) is 2.75. The molecule has 1 fully saturated rings. The van der Waals surface area contributed by atoms with Crippen molar-refractivity contribution in [2.45, 2.75) is 82.4 Å². The van der Waals surface area contributed by atoms with Crippen molar-refractivity contribution < 1.29 is 53.9 Å². The Bertz CT molecular complexity index is 734. The average molecular weight is 477 g/mol. The minimum atomic E-state index is -1.57. The molecule has 1 saturated heterocycles. The fourth-order valence-electron chi connectivity index (χ4n) is 3.25. The number of nitrogens with zero attached hydrogens (tertiary/aromatic N) is 1. The van der Waals surface area contributed by atoms with Crippen LogP contribution in [-0.2, 0) is 33.4 Å². The number of amides is 3. The van der Waals surface area contributed by atoms with Crippen molar-refractivity contribution in [3.05, 3.63) is 0 Å². The number of carboxylic acids is 1. The predicted molar refractivity (Wildman–Crippen MR) is 108 cm³/mol. The van der Waals surface area contributed by atoms with E-state index in [1.54, 1.807) is 0 Å². The highest BCUT2D eigenvalue weighted by atomic mass is 16.6. The minimum Gasteiger partial charge on any atom is -0.481 e. The standard InChI is InChI=1S/C19H31N3O11/c1-8(18(30)22(10(3)25)11(6-23)4-5-13(26)27)21-17(29)9(2)32-16-14(20)19(31)33-12(7-24)15(16)28/h6,8-9,11-12,14-16,19,24,28,31H,4-5,7,20H2,1-3H3,(H,21,29)(H,26,27)/t8-,9?,11+,12+,14+,15+,16+,19-/m0/s1. The molecule has 1 aliphatic rings. The molecule has 14 nitrogen and oxygen atoms in total. The van der Waals surface area contributed by atoms with Gasteiger partial charge in [0.05, 0.1) is 18.7 Å². The van der Waals surface area contributed by atoms with E-state index in [4.69, 9.17) is 20.3 Å². The zero-order valence-corrected chi connectivity index (χ0v) is 18.5. The molecule has 33 heavy (non-hydrogen) atoms. The molecule has 14 heteroatoms. The SMILES string of the molecule is CC(=O)N(C(=O)[C@H](C)NC(=O)C(C)O[C@@H]1[C@@H](N)[C@@H](O)O[C@H](CO)[C@H]1O)[C@@H](C=O)CCC(=O)O. The third-order valence-electron chi connectivity index (χ3n) is 5.10. The fourth-order valence-corrected chi connectivity index (χ4v) is 3.25. The van der Waals surface area contributed by atoms with Crippen molar-refractivity contribution in [3.63, 3.8) is 0 Å². The number of aliphatic hydroxyl groups is 3. The summed E-state index contributed by atoms with van der Waals surface area (Å²) in [5.74, 6) is -3.81. The topological polar surface area (TPSA) is 226 Å². The summed E-state index contributed by atoms with van der Waals surface area (Å²) in [6, 6.07) is -3.87. The van der Waals surface area contributed by atoms with Crippen molar-refractivity contribution in [1.82, 2.24) is 10.2 Å². The number of aldehydes is 1. The highest BCUT2D eigenvalue weighted by Crippen LogP contribution is 2.22. The van der Waals surface area contributed by atoms with Crippen LogP contribution in [0.15, 0.2) is 0 Å². The molecule has 1 heterocycles. The van der Waals surface area contributed by atoms with Gasteiger partial charge in [-0.05, 0) is 20.3 Å².